The van der Waals surface area contributed by atoms with E-state index in [1.165, 1.54) is 20.1 Å². The van der Waals surface area contributed by atoms with Gasteiger partial charge in [-0.15, -0.1) is 0 Å². The molecule has 2 aromatic rings. The second-order valence-corrected chi connectivity index (χ2v) is 10.3. The third-order valence-corrected chi connectivity index (χ3v) is 7.74. The predicted octanol–water partition coefficient (Wildman–Crippen LogP) is 4.58. The summed E-state index contributed by atoms with van der Waals surface area (Å²) in [6.07, 6.45) is 2.81. The van der Waals surface area contributed by atoms with Crippen molar-refractivity contribution in [2.24, 2.45) is 5.41 Å². The number of carbonyl (C=O) groups is 3. The third-order valence-electron chi connectivity index (χ3n) is 7.74. The zero-order valence-electron chi connectivity index (χ0n) is 23.2. The van der Waals surface area contributed by atoms with Crippen molar-refractivity contribution >= 4 is 17.8 Å². The van der Waals surface area contributed by atoms with Crippen molar-refractivity contribution in [1.29, 1.82) is 0 Å². The molecule has 0 aliphatic heterocycles. The fourth-order valence-corrected chi connectivity index (χ4v) is 5.13. The van der Waals surface area contributed by atoms with Crippen molar-refractivity contribution in [2.75, 3.05) is 14.2 Å². The number of amides is 1. The fourth-order valence-electron chi connectivity index (χ4n) is 5.13. The number of unbranched alkanes of at least 4 members (excludes halogenated alkanes) is 2. The molecule has 0 spiro atoms. The van der Waals surface area contributed by atoms with Crippen LogP contribution in [0.1, 0.15) is 73.7 Å². The van der Waals surface area contributed by atoms with E-state index in [0.717, 1.165) is 33.6 Å². The van der Waals surface area contributed by atoms with E-state index < -0.39 is 23.4 Å². The SMILES string of the molecule is COc1c(C)c(C)cc2c1-c1ccc(OC)c(=O)cc1[C@@H](NC(=O)CCCCCC(C)(C(=O)O)C(=O)O)CC2. The lowest BCUT2D eigenvalue weighted by molar-refractivity contribution is -0.163. The summed E-state index contributed by atoms with van der Waals surface area (Å²) in [4.78, 5) is 48.6. The second kappa shape index (κ2) is 12.3. The number of aryl methyl sites for hydroxylation is 2. The van der Waals surface area contributed by atoms with Gasteiger partial charge in [0, 0.05) is 12.0 Å². The highest BCUT2D eigenvalue weighted by atomic mass is 16.5. The standard InChI is InChI=1S/C30H37NO8/c1-17-15-19-10-12-22(31-25(33)9-7-6-8-14-30(3,28(34)35)29(36)37)21-16-23(32)24(38-4)13-11-20(21)26(19)27(39-5)18(17)2/h11,13,15-16,22H,6-10,12,14H2,1-5H3,(H,31,33)(H,34,35)(H,36,37)/t22-/m0/s1. The molecule has 0 unspecified atom stereocenters. The monoisotopic (exact) mass is 539 g/mol. The van der Waals surface area contributed by atoms with Crippen molar-refractivity contribution in [3.05, 3.63) is 56.7 Å². The van der Waals surface area contributed by atoms with Gasteiger partial charge in [0.2, 0.25) is 11.3 Å². The van der Waals surface area contributed by atoms with Crippen molar-refractivity contribution in [3.8, 4) is 22.6 Å². The van der Waals surface area contributed by atoms with Gasteiger partial charge in [0.25, 0.3) is 0 Å². The molecule has 9 heteroatoms. The smallest absolute Gasteiger partial charge is 0.320 e. The first-order chi connectivity index (χ1) is 18.4. The van der Waals surface area contributed by atoms with E-state index in [1.54, 1.807) is 13.2 Å². The van der Waals surface area contributed by atoms with E-state index in [2.05, 4.69) is 11.4 Å². The van der Waals surface area contributed by atoms with Gasteiger partial charge in [-0.05, 0) is 86.4 Å². The van der Waals surface area contributed by atoms with Crippen molar-refractivity contribution in [2.45, 2.75) is 71.8 Å². The number of fused-ring (bicyclic) bond motifs is 3. The molecule has 3 N–H and O–H groups in total. The van der Waals surface area contributed by atoms with Gasteiger partial charge in [-0.3, -0.25) is 19.2 Å². The molecule has 0 radical (unpaired) electrons. The summed E-state index contributed by atoms with van der Waals surface area (Å²) >= 11 is 0. The van der Waals surface area contributed by atoms with Crippen LogP contribution >= 0.6 is 0 Å². The van der Waals surface area contributed by atoms with E-state index in [4.69, 9.17) is 9.47 Å². The molecule has 0 bridgehead atoms. The van der Waals surface area contributed by atoms with Gasteiger partial charge in [0.15, 0.2) is 11.2 Å². The highest BCUT2D eigenvalue weighted by Gasteiger charge is 2.40. The van der Waals surface area contributed by atoms with Gasteiger partial charge in [-0.1, -0.05) is 25.0 Å². The van der Waals surface area contributed by atoms with Crippen molar-refractivity contribution in [3.63, 3.8) is 0 Å². The Bertz CT molecular complexity index is 1320. The second-order valence-electron chi connectivity index (χ2n) is 10.3. The molecule has 1 atom stereocenters. The van der Waals surface area contributed by atoms with Gasteiger partial charge in [0.05, 0.1) is 20.3 Å². The number of carbonyl (C=O) groups excluding carboxylic acids is 1. The number of hydrogen-bond acceptors (Lipinski definition) is 6. The number of carboxylic acids is 2. The van der Waals surface area contributed by atoms with Crippen LogP contribution in [0.4, 0.5) is 0 Å². The molecular formula is C30H37NO8. The maximum Gasteiger partial charge on any atom is 0.320 e. The molecule has 0 fully saturated rings. The quantitative estimate of drug-likeness (QED) is 0.279. The van der Waals surface area contributed by atoms with E-state index in [0.29, 0.717) is 37.7 Å². The average molecular weight is 540 g/mol. The van der Waals surface area contributed by atoms with E-state index >= 15 is 0 Å². The van der Waals surface area contributed by atoms with Gasteiger partial charge < -0.3 is 25.0 Å². The number of ether oxygens (including phenoxy) is 2. The van der Waals surface area contributed by atoms with Crippen molar-refractivity contribution in [1.82, 2.24) is 5.32 Å². The van der Waals surface area contributed by atoms with Crippen molar-refractivity contribution < 1.29 is 34.1 Å². The topological polar surface area (TPSA) is 139 Å². The van der Waals surface area contributed by atoms with Crippen LogP contribution in [0.5, 0.6) is 11.5 Å². The number of benzene rings is 1. The fraction of sp³-hybridized carbons (Fsp3) is 0.467. The molecule has 1 amide bonds. The molecular weight excluding hydrogens is 502 g/mol. The summed E-state index contributed by atoms with van der Waals surface area (Å²) in [5.74, 6) is -1.99. The van der Waals surface area contributed by atoms with Crippen LogP contribution in [0, 0.1) is 19.3 Å². The van der Waals surface area contributed by atoms with E-state index in [9.17, 15) is 29.4 Å². The Kier molecular flexibility index (Phi) is 9.37. The summed E-state index contributed by atoms with van der Waals surface area (Å²) in [5.41, 5.74) is 3.45. The minimum atomic E-state index is -1.84. The Morgan fingerprint density at radius 3 is 2.33 bits per heavy atom. The first-order valence-corrected chi connectivity index (χ1v) is 13.1. The highest BCUT2D eigenvalue weighted by Crippen LogP contribution is 2.44. The zero-order chi connectivity index (χ0) is 28.9. The lowest BCUT2D eigenvalue weighted by Gasteiger charge is -2.20. The summed E-state index contributed by atoms with van der Waals surface area (Å²) in [7, 11) is 3.07. The van der Waals surface area contributed by atoms with Crippen LogP contribution in [0.25, 0.3) is 11.1 Å². The molecule has 1 aliphatic carbocycles. The van der Waals surface area contributed by atoms with Gasteiger partial charge in [-0.2, -0.15) is 0 Å². The molecule has 0 aromatic heterocycles. The van der Waals surface area contributed by atoms with E-state index in [-0.39, 0.29) is 29.9 Å². The maximum absolute atomic E-state index is 13.0. The molecule has 3 rings (SSSR count). The molecule has 1 aliphatic rings. The molecule has 39 heavy (non-hydrogen) atoms. The first-order valence-electron chi connectivity index (χ1n) is 13.1. The van der Waals surface area contributed by atoms with Gasteiger partial charge >= 0.3 is 11.9 Å². The Morgan fingerprint density at radius 2 is 1.72 bits per heavy atom. The van der Waals surface area contributed by atoms with E-state index in [1.807, 2.05) is 19.9 Å². The first kappa shape index (κ1) is 29.7. The number of hydrogen-bond donors (Lipinski definition) is 3. The maximum atomic E-state index is 13.0. The molecule has 210 valence electrons. The molecule has 2 aromatic carbocycles. The lowest BCUT2D eigenvalue weighted by atomic mass is 9.85. The summed E-state index contributed by atoms with van der Waals surface area (Å²) in [6.45, 7) is 5.22. The number of rotatable bonds is 11. The van der Waals surface area contributed by atoms with Crippen LogP contribution in [0.15, 0.2) is 29.1 Å². The van der Waals surface area contributed by atoms with Gasteiger partial charge in [0.1, 0.15) is 5.75 Å². The minimum Gasteiger partial charge on any atom is -0.496 e. The molecule has 0 heterocycles. The lowest BCUT2D eigenvalue weighted by Crippen LogP contribution is -2.36. The van der Waals surface area contributed by atoms with Crippen LogP contribution < -0.4 is 20.2 Å². The normalized spacial score (nSPS) is 14.4. The summed E-state index contributed by atoms with van der Waals surface area (Å²) in [6, 6.07) is 6.73. The predicted molar refractivity (Wildman–Crippen MR) is 146 cm³/mol. The van der Waals surface area contributed by atoms with Crippen LogP contribution in [0.3, 0.4) is 0 Å². The molecule has 0 saturated heterocycles. The zero-order valence-corrected chi connectivity index (χ0v) is 23.2. The number of nitrogens with one attached hydrogen (secondary N) is 1. The minimum absolute atomic E-state index is 0.0151. The van der Waals surface area contributed by atoms with Gasteiger partial charge in [-0.25, -0.2) is 0 Å². The number of methoxy groups -OCH3 is 2. The largest absolute Gasteiger partial charge is 0.496 e. The Balaban J connectivity index is 1.84. The van der Waals surface area contributed by atoms with Crippen LogP contribution in [-0.2, 0) is 20.8 Å². The summed E-state index contributed by atoms with van der Waals surface area (Å²) < 4.78 is 11.1. The Hall–Kier alpha value is -3.88. The molecule has 0 saturated carbocycles. The average Bonchev–Trinajstić information content (AvgIpc) is 3.13. The molecule has 9 nitrogen and oxygen atoms in total. The highest BCUT2D eigenvalue weighted by molar-refractivity contribution is 5.97. The van der Waals surface area contributed by atoms with Crippen LogP contribution in [-0.4, -0.2) is 42.3 Å². The number of aliphatic carboxylic acids is 2. The van der Waals surface area contributed by atoms with Crippen LogP contribution in [0.2, 0.25) is 0 Å². The summed E-state index contributed by atoms with van der Waals surface area (Å²) in [5, 5.41) is 21.6. The third kappa shape index (κ3) is 6.24. The number of carboxylic acid groups (broad SMARTS) is 2. The Morgan fingerprint density at radius 1 is 1.03 bits per heavy atom. The Labute approximate surface area is 228 Å².